The summed E-state index contributed by atoms with van der Waals surface area (Å²) in [6.07, 6.45) is 1.04. The molecule has 0 fully saturated rings. The Morgan fingerprint density at radius 3 is 2.20 bits per heavy atom. The number of rotatable bonds is 4. The van der Waals surface area contributed by atoms with Crippen LogP contribution in [0.25, 0.3) is 0 Å². The van der Waals surface area contributed by atoms with Crippen LogP contribution in [0, 0.1) is 0 Å². The zero-order valence-corrected chi connectivity index (χ0v) is 12.3. The van der Waals surface area contributed by atoms with E-state index in [1.54, 1.807) is 6.07 Å². The van der Waals surface area contributed by atoms with E-state index in [2.05, 4.69) is 31.2 Å². The van der Waals surface area contributed by atoms with Gasteiger partial charge >= 0.3 is 0 Å². The van der Waals surface area contributed by atoms with Crippen molar-refractivity contribution in [1.82, 2.24) is 0 Å². The molecular weight excluding hydrogens is 248 g/mol. The lowest BCUT2D eigenvalue weighted by atomic mass is 10.1. The molecule has 0 aliphatic rings. The van der Waals surface area contributed by atoms with Gasteiger partial charge in [-0.2, -0.15) is 0 Å². The molecule has 0 aliphatic heterocycles. The maximum absolute atomic E-state index is 10.0. The van der Waals surface area contributed by atoms with Crippen LogP contribution < -0.4 is 10.6 Å². The van der Waals surface area contributed by atoms with Crippen molar-refractivity contribution in [3.63, 3.8) is 0 Å². The van der Waals surface area contributed by atoms with Crippen molar-refractivity contribution >= 4 is 11.4 Å². The zero-order chi connectivity index (χ0) is 14.7. The van der Waals surface area contributed by atoms with Crippen LogP contribution in [-0.2, 0) is 6.42 Å². The van der Waals surface area contributed by atoms with Crippen LogP contribution in [-0.4, -0.2) is 12.2 Å². The minimum absolute atomic E-state index is 0.168. The van der Waals surface area contributed by atoms with Gasteiger partial charge in [-0.15, -0.1) is 0 Å². The number of aryl methyl sites for hydroxylation is 1. The second-order valence-electron chi connectivity index (χ2n) is 5.11. The highest BCUT2D eigenvalue weighted by molar-refractivity contribution is 5.65. The molecule has 0 bridgehead atoms. The van der Waals surface area contributed by atoms with Gasteiger partial charge in [0.2, 0.25) is 0 Å². The molecule has 20 heavy (non-hydrogen) atoms. The molecule has 106 valence electrons. The third-order valence-corrected chi connectivity index (χ3v) is 3.62. The Morgan fingerprint density at radius 1 is 1.10 bits per heavy atom. The molecule has 0 aromatic heterocycles. The summed E-state index contributed by atoms with van der Waals surface area (Å²) in [5, 5.41) is 10.0. The molecular formula is C17H22N2O. The molecule has 3 N–H and O–H groups in total. The normalized spacial score (nSPS) is 12.2. The molecule has 2 rings (SSSR count). The average Bonchev–Trinajstić information content (AvgIpc) is 2.46. The van der Waals surface area contributed by atoms with Crippen molar-refractivity contribution in [2.45, 2.75) is 26.3 Å². The number of phenolic OH excluding ortho intramolecular Hbond substituents is 1. The number of phenols is 1. The lowest BCUT2D eigenvalue weighted by molar-refractivity contribution is 0.464. The molecule has 0 saturated heterocycles. The first-order chi connectivity index (χ1) is 9.52. The second-order valence-corrected chi connectivity index (χ2v) is 5.11. The van der Waals surface area contributed by atoms with E-state index in [9.17, 15) is 5.11 Å². The fourth-order valence-electron chi connectivity index (χ4n) is 2.23. The van der Waals surface area contributed by atoms with E-state index in [4.69, 9.17) is 5.73 Å². The Hall–Kier alpha value is -2.00. The van der Waals surface area contributed by atoms with Crippen molar-refractivity contribution < 1.29 is 5.11 Å². The van der Waals surface area contributed by atoms with E-state index < -0.39 is 0 Å². The molecule has 1 atom stereocenters. The van der Waals surface area contributed by atoms with Crippen LogP contribution in [0.15, 0.2) is 42.5 Å². The van der Waals surface area contributed by atoms with Crippen LogP contribution in [0.1, 0.15) is 31.0 Å². The molecule has 3 nitrogen and oxygen atoms in total. The fraction of sp³-hybridized carbons (Fsp3) is 0.294. The number of nitrogens with zero attached hydrogens (tertiary/aromatic N) is 1. The van der Waals surface area contributed by atoms with Gasteiger partial charge in [-0.25, -0.2) is 0 Å². The Labute approximate surface area is 120 Å². The van der Waals surface area contributed by atoms with E-state index in [0.29, 0.717) is 0 Å². The highest BCUT2D eigenvalue weighted by atomic mass is 16.3. The van der Waals surface area contributed by atoms with Crippen molar-refractivity contribution in [2.75, 3.05) is 11.9 Å². The second kappa shape index (κ2) is 5.97. The first-order valence-electron chi connectivity index (χ1n) is 6.94. The Balaban J connectivity index is 2.28. The molecule has 2 aromatic rings. The standard InChI is InChI=1S/C17H22N2O/c1-4-13-5-7-14(8-6-13)19(3)15-9-10-16(12(2)18)17(20)11-15/h5-12,20H,4,18H2,1-3H3. The summed E-state index contributed by atoms with van der Waals surface area (Å²) >= 11 is 0. The first kappa shape index (κ1) is 14.4. The predicted molar refractivity (Wildman–Crippen MR) is 84.6 cm³/mol. The van der Waals surface area contributed by atoms with E-state index in [1.807, 2.05) is 31.0 Å². The van der Waals surface area contributed by atoms with Crippen LogP contribution in [0.5, 0.6) is 5.75 Å². The van der Waals surface area contributed by atoms with Crippen LogP contribution in [0.4, 0.5) is 11.4 Å². The third kappa shape index (κ3) is 2.94. The van der Waals surface area contributed by atoms with E-state index in [1.165, 1.54) is 5.56 Å². The smallest absolute Gasteiger partial charge is 0.122 e. The minimum Gasteiger partial charge on any atom is -0.508 e. The van der Waals surface area contributed by atoms with Crippen molar-refractivity contribution in [3.8, 4) is 5.75 Å². The predicted octanol–water partition coefficient (Wildman–Crippen LogP) is 3.74. The SMILES string of the molecule is CCc1ccc(N(C)c2ccc(C(C)N)c(O)c2)cc1. The van der Waals surface area contributed by atoms with Gasteiger partial charge in [0.1, 0.15) is 5.75 Å². The molecule has 0 spiro atoms. The summed E-state index contributed by atoms with van der Waals surface area (Å²) in [4.78, 5) is 2.05. The Bertz CT molecular complexity index is 576. The number of hydrogen-bond acceptors (Lipinski definition) is 3. The third-order valence-electron chi connectivity index (χ3n) is 3.62. The summed E-state index contributed by atoms with van der Waals surface area (Å²) in [7, 11) is 1.99. The largest absolute Gasteiger partial charge is 0.508 e. The summed E-state index contributed by atoms with van der Waals surface area (Å²) in [5.74, 6) is 0.245. The zero-order valence-electron chi connectivity index (χ0n) is 12.3. The number of nitrogens with two attached hydrogens (primary N) is 1. The highest BCUT2D eigenvalue weighted by Gasteiger charge is 2.10. The molecule has 3 heteroatoms. The number of benzene rings is 2. The van der Waals surface area contributed by atoms with Gasteiger partial charge in [0, 0.05) is 36.1 Å². The van der Waals surface area contributed by atoms with Crippen LogP contribution in [0.3, 0.4) is 0 Å². The molecule has 0 radical (unpaired) electrons. The molecule has 1 unspecified atom stereocenters. The van der Waals surface area contributed by atoms with E-state index in [0.717, 1.165) is 23.4 Å². The quantitative estimate of drug-likeness (QED) is 0.889. The Kier molecular flexibility index (Phi) is 4.30. The van der Waals surface area contributed by atoms with Gasteiger partial charge in [-0.05, 0) is 37.1 Å². The van der Waals surface area contributed by atoms with Crippen molar-refractivity contribution in [2.24, 2.45) is 5.73 Å². The van der Waals surface area contributed by atoms with Crippen LogP contribution in [0.2, 0.25) is 0 Å². The first-order valence-corrected chi connectivity index (χ1v) is 6.94. The number of hydrogen-bond donors (Lipinski definition) is 2. The topological polar surface area (TPSA) is 49.5 Å². The van der Waals surface area contributed by atoms with Gasteiger partial charge in [0.05, 0.1) is 0 Å². The molecule has 0 heterocycles. The summed E-state index contributed by atoms with van der Waals surface area (Å²) in [6, 6.07) is 13.9. The molecule has 0 saturated carbocycles. The van der Waals surface area contributed by atoms with E-state index in [-0.39, 0.29) is 11.8 Å². The van der Waals surface area contributed by atoms with E-state index >= 15 is 0 Å². The molecule has 2 aromatic carbocycles. The Morgan fingerprint density at radius 2 is 1.70 bits per heavy atom. The maximum Gasteiger partial charge on any atom is 0.122 e. The lowest BCUT2D eigenvalue weighted by Gasteiger charge is -2.21. The summed E-state index contributed by atoms with van der Waals surface area (Å²) in [5.41, 5.74) is 9.93. The van der Waals surface area contributed by atoms with Gasteiger partial charge in [0.15, 0.2) is 0 Å². The van der Waals surface area contributed by atoms with Gasteiger partial charge in [-0.1, -0.05) is 25.1 Å². The lowest BCUT2D eigenvalue weighted by Crippen LogP contribution is -2.10. The number of anilines is 2. The van der Waals surface area contributed by atoms with Gasteiger partial charge in [-0.3, -0.25) is 0 Å². The maximum atomic E-state index is 10.0. The van der Waals surface area contributed by atoms with Crippen LogP contribution >= 0.6 is 0 Å². The fourth-order valence-corrected chi connectivity index (χ4v) is 2.23. The summed E-state index contributed by atoms with van der Waals surface area (Å²) < 4.78 is 0. The summed E-state index contributed by atoms with van der Waals surface area (Å²) in [6.45, 7) is 4.01. The van der Waals surface area contributed by atoms with Crippen molar-refractivity contribution in [1.29, 1.82) is 0 Å². The average molecular weight is 270 g/mol. The number of aromatic hydroxyl groups is 1. The minimum atomic E-state index is -0.168. The monoisotopic (exact) mass is 270 g/mol. The highest BCUT2D eigenvalue weighted by Crippen LogP contribution is 2.31. The van der Waals surface area contributed by atoms with Crippen molar-refractivity contribution in [3.05, 3.63) is 53.6 Å². The van der Waals surface area contributed by atoms with Gasteiger partial charge < -0.3 is 15.7 Å². The van der Waals surface area contributed by atoms with Gasteiger partial charge in [0.25, 0.3) is 0 Å². The molecule has 0 aliphatic carbocycles. The molecule has 0 amide bonds.